The fraction of sp³-hybridized carbons (Fsp3) is 0.588. The number of hydrogen-bond donors (Lipinski definition) is 0. The lowest BCUT2D eigenvalue weighted by Crippen LogP contribution is -2.43. The Labute approximate surface area is 144 Å². The van der Waals surface area contributed by atoms with Crippen LogP contribution < -0.4 is 0 Å². The summed E-state index contributed by atoms with van der Waals surface area (Å²) in [5, 5.41) is 0. The maximum Gasteiger partial charge on any atom is 0.237 e. The van der Waals surface area contributed by atoms with Crippen LogP contribution in [0.4, 0.5) is 4.39 Å². The van der Waals surface area contributed by atoms with Gasteiger partial charge in [0.2, 0.25) is 15.9 Å². The Morgan fingerprint density at radius 3 is 2.17 bits per heavy atom. The van der Waals surface area contributed by atoms with Gasteiger partial charge in [-0.2, -0.15) is 4.31 Å². The molecule has 0 N–H and O–H groups in total. The van der Waals surface area contributed by atoms with Crippen molar-refractivity contribution in [3.05, 3.63) is 35.6 Å². The van der Waals surface area contributed by atoms with Gasteiger partial charge in [0.05, 0.1) is 12.8 Å². The number of hydrogen-bond acceptors (Lipinski definition) is 3. The summed E-state index contributed by atoms with van der Waals surface area (Å²) in [6.07, 6.45) is 2.94. The van der Waals surface area contributed by atoms with E-state index >= 15 is 0 Å². The average Bonchev–Trinajstić information content (AvgIpc) is 2.51. The van der Waals surface area contributed by atoms with Gasteiger partial charge in [-0.15, -0.1) is 0 Å². The molecule has 0 atom stereocenters. The van der Waals surface area contributed by atoms with Gasteiger partial charge in [-0.3, -0.25) is 4.79 Å². The van der Waals surface area contributed by atoms with E-state index in [0.717, 1.165) is 23.4 Å². The molecule has 0 aliphatic carbocycles. The van der Waals surface area contributed by atoms with Crippen molar-refractivity contribution in [1.29, 1.82) is 0 Å². The molecule has 0 spiro atoms. The monoisotopic (exact) mass is 358 g/mol. The van der Waals surface area contributed by atoms with E-state index in [2.05, 4.69) is 0 Å². The molecule has 0 fully saturated rings. The molecule has 0 saturated carbocycles. The Kier molecular flexibility index (Phi) is 8.35. The van der Waals surface area contributed by atoms with E-state index in [1.54, 1.807) is 23.1 Å². The number of carbonyl (C=O) groups is 1. The van der Waals surface area contributed by atoms with Crippen LogP contribution in [-0.2, 0) is 21.2 Å². The minimum atomic E-state index is -3.54. The SMILES string of the molecule is CCCN(CCC)C(=O)CN(CCc1ccccc1F)S(C)(=O)=O. The van der Waals surface area contributed by atoms with Gasteiger partial charge in [0.15, 0.2) is 0 Å². The largest absolute Gasteiger partial charge is 0.342 e. The fourth-order valence-corrected chi connectivity index (χ4v) is 3.23. The van der Waals surface area contributed by atoms with Gasteiger partial charge in [-0.1, -0.05) is 32.0 Å². The molecule has 24 heavy (non-hydrogen) atoms. The molecule has 1 aromatic rings. The summed E-state index contributed by atoms with van der Waals surface area (Å²) < 4.78 is 38.8. The molecule has 0 saturated heterocycles. The standard InChI is InChI=1S/C17H27FN2O3S/c1-4-11-19(12-5-2)17(21)14-20(24(3,22)23)13-10-15-8-6-7-9-16(15)18/h6-9H,4-5,10-14H2,1-3H3. The zero-order valence-electron chi connectivity index (χ0n) is 14.7. The van der Waals surface area contributed by atoms with Crippen LogP contribution in [0.15, 0.2) is 24.3 Å². The van der Waals surface area contributed by atoms with E-state index in [9.17, 15) is 17.6 Å². The Morgan fingerprint density at radius 2 is 1.67 bits per heavy atom. The lowest BCUT2D eigenvalue weighted by molar-refractivity contribution is -0.131. The third kappa shape index (κ3) is 6.57. The molecule has 136 valence electrons. The minimum absolute atomic E-state index is 0.0809. The van der Waals surface area contributed by atoms with Crippen LogP contribution in [0.25, 0.3) is 0 Å². The first kappa shape index (κ1) is 20.6. The quantitative estimate of drug-likeness (QED) is 0.645. The number of sulfonamides is 1. The summed E-state index contributed by atoms with van der Waals surface area (Å²) >= 11 is 0. The van der Waals surface area contributed by atoms with Gasteiger partial charge >= 0.3 is 0 Å². The summed E-state index contributed by atoms with van der Waals surface area (Å²) in [7, 11) is -3.54. The molecule has 1 aromatic carbocycles. The predicted molar refractivity (Wildman–Crippen MR) is 93.7 cm³/mol. The molecule has 0 bridgehead atoms. The Bertz CT molecular complexity index is 628. The zero-order chi connectivity index (χ0) is 18.2. The molecule has 0 unspecified atom stereocenters. The maximum atomic E-state index is 13.7. The van der Waals surface area contributed by atoms with E-state index in [1.165, 1.54) is 6.07 Å². The van der Waals surface area contributed by atoms with Crippen LogP contribution in [0.3, 0.4) is 0 Å². The second-order valence-electron chi connectivity index (χ2n) is 5.82. The highest BCUT2D eigenvalue weighted by Gasteiger charge is 2.23. The van der Waals surface area contributed by atoms with Crippen LogP contribution >= 0.6 is 0 Å². The Balaban J connectivity index is 2.79. The first-order valence-electron chi connectivity index (χ1n) is 8.25. The zero-order valence-corrected chi connectivity index (χ0v) is 15.5. The van der Waals surface area contributed by atoms with Gasteiger partial charge < -0.3 is 4.90 Å². The summed E-state index contributed by atoms with van der Waals surface area (Å²) in [6, 6.07) is 6.26. The van der Waals surface area contributed by atoms with Crippen molar-refractivity contribution in [2.45, 2.75) is 33.1 Å². The van der Waals surface area contributed by atoms with Crippen molar-refractivity contribution in [3.63, 3.8) is 0 Å². The first-order valence-corrected chi connectivity index (χ1v) is 10.1. The molecule has 0 aliphatic rings. The van der Waals surface area contributed by atoms with E-state index in [-0.39, 0.29) is 31.2 Å². The third-order valence-corrected chi connectivity index (χ3v) is 4.96. The molecule has 0 aliphatic heterocycles. The van der Waals surface area contributed by atoms with E-state index in [1.807, 2.05) is 13.8 Å². The number of rotatable bonds is 10. The molecule has 0 aromatic heterocycles. The van der Waals surface area contributed by atoms with E-state index in [4.69, 9.17) is 0 Å². The third-order valence-electron chi connectivity index (χ3n) is 3.71. The van der Waals surface area contributed by atoms with Crippen LogP contribution in [-0.4, -0.2) is 56.0 Å². The molecular formula is C17H27FN2O3S. The van der Waals surface area contributed by atoms with Gasteiger partial charge in [-0.05, 0) is 30.9 Å². The highest BCUT2D eigenvalue weighted by molar-refractivity contribution is 7.88. The van der Waals surface area contributed by atoms with Crippen LogP contribution in [0.1, 0.15) is 32.3 Å². The van der Waals surface area contributed by atoms with Crippen LogP contribution in [0.5, 0.6) is 0 Å². The molecule has 1 amide bonds. The predicted octanol–water partition coefficient (Wildman–Crippen LogP) is 2.28. The highest BCUT2D eigenvalue weighted by Crippen LogP contribution is 2.10. The van der Waals surface area contributed by atoms with Crippen molar-refractivity contribution in [3.8, 4) is 0 Å². The van der Waals surface area contributed by atoms with Crippen LogP contribution in [0.2, 0.25) is 0 Å². The number of benzene rings is 1. The van der Waals surface area contributed by atoms with Crippen LogP contribution in [0, 0.1) is 5.82 Å². The van der Waals surface area contributed by atoms with Crippen molar-refractivity contribution < 1.29 is 17.6 Å². The Hall–Kier alpha value is -1.47. The number of halogens is 1. The lowest BCUT2D eigenvalue weighted by atomic mass is 10.1. The van der Waals surface area contributed by atoms with E-state index < -0.39 is 10.0 Å². The smallest absolute Gasteiger partial charge is 0.237 e. The number of nitrogens with zero attached hydrogens (tertiary/aromatic N) is 2. The molecule has 1 rings (SSSR count). The second-order valence-corrected chi connectivity index (χ2v) is 7.80. The van der Waals surface area contributed by atoms with Crippen molar-refractivity contribution in [1.82, 2.24) is 9.21 Å². The molecular weight excluding hydrogens is 331 g/mol. The summed E-state index contributed by atoms with van der Waals surface area (Å²) in [4.78, 5) is 14.1. The second kappa shape index (κ2) is 9.74. The molecule has 0 heterocycles. The first-order chi connectivity index (χ1) is 11.3. The van der Waals surface area contributed by atoms with Gasteiger partial charge in [0.25, 0.3) is 0 Å². The van der Waals surface area contributed by atoms with Crippen molar-refractivity contribution in [2.24, 2.45) is 0 Å². The number of amides is 1. The molecule has 5 nitrogen and oxygen atoms in total. The normalized spacial score (nSPS) is 11.7. The topological polar surface area (TPSA) is 57.7 Å². The summed E-state index contributed by atoms with van der Waals surface area (Å²) in [5.74, 6) is -0.575. The maximum absolute atomic E-state index is 13.7. The highest BCUT2D eigenvalue weighted by atomic mass is 32.2. The number of carbonyl (C=O) groups excluding carboxylic acids is 1. The lowest BCUT2D eigenvalue weighted by Gasteiger charge is -2.26. The average molecular weight is 358 g/mol. The van der Waals surface area contributed by atoms with E-state index in [0.29, 0.717) is 18.7 Å². The molecule has 0 radical (unpaired) electrons. The fourth-order valence-electron chi connectivity index (χ4n) is 2.46. The summed E-state index contributed by atoms with van der Waals surface area (Å²) in [5.41, 5.74) is 0.442. The van der Waals surface area contributed by atoms with Crippen molar-refractivity contribution >= 4 is 15.9 Å². The van der Waals surface area contributed by atoms with Gasteiger partial charge in [0.1, 0.15) is 5.82 Å². The minimum Gasteiger partial charge on any atom is -0.342 e. The van der Waals surface area contributed by atoms with Crippen molar-refractivity contribution in [2.75, 3.05) is 32.4 Å². The van der Waals surface area contributed by atoms with Gasteiger partial charge in [-0.25, -0.2) is 12.8 Å². The molecule has 7 heteroatoms. The summed E-state index contributed by atoms with van der Waals surface area (Å²) in [6.45, 7) is 5.05. The Morgan fingerprint density at radius 1 is 1.08 bits per heavy atom. The van der Waals surface area contributed by atoms with Gasteiger partial charge in [0, 0.05) is 19.6 Å².